The molecule has 0 aromatic rings. The molecule has 0 rings (SSSR count). The number of carbonyl (C=O) groups excluding carboxylic acids is 2. The van der Waals surface area contributed by atoms with Gasteiger partial charge in [-0.15, -0.1) is 0 Å². The van der Waals surface area contributed by atoms with E-state index in [1.54, 1.807) is 0 Å². The Kier molecular flexibility index (Phi) is 6.11. The van der Waals surface area contributed by atoms with Crippen LogP contribution >= 0.6 is 0 Å². The Hall–Kier alpha value is -1.58. The van der Waals surface area contributed by atoms with Gasteiger partial charge >= 0.3 is 0 Å². The van der Waals surface area contributed by atoms with Gasteiger partial charge in [-0.1, -0.05) is 26.5 Å². The second-order valence-electron chi connectivity index (χ2n) is 2.74. The fourth-order valence-corrected chi connectivity index (χ4v) is 1.18. The summed E-state index contributed by atoms with van der Waals surface area (Å²) in [5.41, 5.74) is 0. The van der Waals surface area contributed by atoms with Crippen molar-refractivity contribution in [3.63, 3.8) is 0 Å². The Balaban J connectivity index is 4.68. The summed E-state index contributed by atoms with van der Waals surface area (Å²) in [6.45, 7) is 8.98. The molecule has 0 aliphatic heterocycles. The van der Waals surface area contributed by atoms with Gasteiger partial charge in [0.2, 0.25) is 12.8 Å². The molecular weight excluding hydrogens is 180 g/mol. The largest absolute Gasteiger partial charge is 0.301 e. The van der Waals surface area contributed by atoms with Gasteiger partial charge in [-0.25, -0.2) is 0 Å². The maximum atomic E-state index is 10.7. The zero-order valence-electron chi connectivity index (χ0n) is 8.43. The summed E-state index contributed by atoms with van der Waals surface area (Å²) in [4.78, 5) is 24.0. The van der Waals surface area contributed by atoms with E-state index >= 15 is 0 Å². The van der Waals surface area contributed by atoms with Crippen molar-refractivity contribution in [2.75, 3.05) is 0 Å². The van der Waals surface area contributed by atoms with E-state index in [0.29, 0.717) is 19.2 Å². The number of rotatable bonds is 8. The van der Waals surface area contributed by atoms with Crippen LogP contribution in [0.3, 0.4) is 0 Å². The molecule has 0 bridgehead atoms. The molecule has 0 aromatic heterocycles. The quantitative estimate of drug-likeness (QED) is 0.434. The average molecular weight is 196 g/mol. The summed E-state index contributed by atoms with van der Waals surface area (Å²) >= 11 is 0. The highest BCUT2D eigenvalue weighted by Crippen LogP contribution is 2.09. The second kappa shape index (κ2) is 6.88. The fraction of sp³-hybridized carbons (Fsp3) is 0.400. The third kappa shape index (κ3) is 3.05. The van der Waals surface area contributed by atoms with Crippen molar-refractivity contribution in [3.05, 3.63) is 25.6 Å². The molecule has 0 heterocycles. The van der Waals surface area contributed by atoms with Gasteiger partial charge in [-0.2, -0.15) is 0 Å². The molecule has 0 radical (unpaired) electrons. The highest BCUT2D eigenvalue weighted by atomic mass is 16.1. The predicted molar refractivity (Wildman–Crippen MR) is 54.9 cm³/mol. The van der Waals surface area contributed by atoms with Gasteiger partial charge < -0.3 is 9.80 Å². The first-order valence-electron chi connectivity index (χ1n) is 4.45. The Labute approximate surface area is 84.5 Å². The number of amides is 2. The van der Waals surface area contributed by atoms with Crippen molar-refractivity contribution in [1.82, 2.24) is 9.80 Å². The molecule has 78 valence electrons. The second-order valence-corrected chi connectivity index (χ2v) is 2.74. The normalized spacial score (nSPS) is 9.29. The van der Waals surface area contributed by atoms with E-state index in [-0.39, 0.29) is 6.17 Å². The molecule has 0 spiro atoms. The van der Waals surface area contributed by atoms with Crippen LogP contribution in [0.15, 0.2) is 25.6 Å². The summed E-state index contributed by atoms with van der Waals surface area (Å²) in [5.74, 6) is 0. The number of hydrogen-bond donors (Lipinski definition) is 0. The van der Waals surface area contributed by atoms with Crippen LogP contribution in [-0.4, -0.2) is 28.8 Å². The predicted octanol–water partition coefficient (Wildman–Crippen LogP) is 1.32. The molecule has 0 fully saturated rings. The van der Waals surface area contributed by atoms with Crippen molar-refractivity contribution in [3.8, 4) is 0 Å². The summed E-state index contributed by atoms with van der Waals surface area (Å²) in [6, 6.07) is 0. The van der Waals surface area contributed by atoms with Crippen molar-refractivity contribution in [1.29, 1.82) is 0 Å². The van der Waals surface area contributed by atoms with Crippen LogP contribution in [0.25, 0.3) is 0 Å². The van der Waals surface area contributed by atoms with E-state index < -0.39 is 0 Å². The minimum Gasteiger partial charge on any atom is -0.301 e. The molecular formula is C10H16N2O2. The summed E-state index contributed by atoms with van der Waals surface area (Å²) in [7, 11) is 0. The van der Waals surface area contributed by atoms with E-state index in [1.165, 1.54) is 22.2 Å². The minimum atomic E-state index is -0.315. The lowest BCUT2D eigenvalue weighted by molar-refractivity contribution is -0.125. The lowest BCUT2D eigenvalue weighted by Crippen LogP contribution is -2.41. The third-order valence-corrected chi connectivity index (χ3v) is 1.90. The van der Waals surface area contributed by atoms with E-state index in [1.807, 2.05) is 6.92 Å². The smallest absolute Gasteiger partial charge is 0.215 e. The van der Waals surface area contributed by atoms with Gasteiger partial charge in [-0.05, 0) is 6.42 Å². The average Bonchev–Trinajstić information content (AvgIpc) is 2.21. The fourth-order valence-electron chi connectivity index (χ4n) is 1.18. The molecule has 14 heavy (non-hydrogen) atoms. The highest BCUT2D eigenvalue weighted by molar-refractivity contribution is 5.54. The van der Waals surface area contributed by atoms with E-state index in [4.69, 9.17) is 0 Å². The van der Waals surface area contributed by atoms with Crippen LogP contribution < -0.4 is 0 Å². The van der Waals surface area contributed by atoms with E-state index in [0.717, 1.165) is 6.42 Å². The highest BCUT2D eigenvalue weighted by Gasteiger charge is 2.18. The Morgan fingerprint density at radius 3 is 1.79 bits per heavy atom. The summed E-state index contributed by atoms with van der Waals surface area (Å²) < 4.78 is 0. The molecule has 4 heteroatoms. The van der Waals surface area contributed by atoms with E-state index in [9.17, 15) is 9.59 Å². The molecule has 0 saturated carbocycles. The number of hydrogen-bond acceptors (Lipinski definition) is 2. The molecule has 0 N–H and O–H groups in total. The van der Waals surface area contributed by atoms with Crippen LogP contribution in [0.5, 0.6) is 0 Å². The molecule has 0 saturated heterocycles. The third-order valence-electron chi connectivity index (χ3n) is 1.90. The van der Waals surface area contributed by atoms with Crippen LogP contribution in [0, 0.1) is 0 Å². The Morgan fingerprint density at radius 1 is 1.14 bits per heavy atom. The van der Waals surface area contributed by atoms with Crippen molar-refractivity contribution >= 4 is 12.8 Å². The Morgan fingerprint density at radius 2 is 1.57 bits per heavy atom. The van der Waals surface area contributed by atoms with Crippen LogP contribution in [0.2, 0.25) is 0 Å². The van der Waals surface area contributed by atoms with Gasteiger partial charge in [0.05, 0.1) is 0 Å². The van der Waals surface area contributed by atoms with Crippen molar-refractivity contribution in [2.45, 2.75) is 25.9 Å². The van der Waals surface area contributed by atoms with Gasteiger partial charge in [0, 0.05) is 12.4 Å². The zero-order valence-corrected chi connectivity index (χ0v) is 8.43. The molecule has 0 atom stereocenters. The minimum absolute atomic E-state index is 0.315. The molecule has 4 nitrogen and oxygen atoms in total. The van der Waals surface area contributed by atoms with E-state index in [2.05, 4.69) is 13.2 Å². The van der Waals surface area contributed by atoms with Crippen LogP contribution in [0.4, 0.5) is 0 Å². The molecule has 0 aromatic carbocycles. The standard InChI is InChI=1S/C10H16N2O2/c1-4-7-10(11(5-2)8-13)12(6-3)9-14/h5-6,8-10H,2-4,7H2,1H3. The molecule has 0 aliphatic rings. The first-order chi connectivity index (χ1) is 6.74. The van der Waals surface area contributed by atoms with Crippen molar-refractivity contribution < 1.29 is 9.59 Å². The Bertz CT molecular complexity index is 180. The first-order valence-corrected chi connectivity index (χ1v) is 4.45. The first kappa shape index (κ1) is 12.4. The van der Waals surface area contributed by atoms with Crippen LogP contribution in [-0.2, 0) is 9.59 Å². The lowest BCUT2D eigenvalue weighted by atomic mass is 10.2. The molecule has 2 amide bonds. The number of nitrogens with zero attached hydrogens (tertiary/aromatic N) is 2. The number of carbonyl (C=O) groups is 2. The molecule has 0 aliphatic carbocycles. The van der Waals surface area contributed by atoms with Gasteiger partial charge in [0.1, 0.15) is 6.17 Å². The SMILES string of the molecule is C=CN(C=O)C(CCC)N(C=C)C=O. The lowest BCUT2D eigenvalue weighted by Gasteiger charge is -2.30. The van der Waals surface area contributed by atoms with Gasteiger partial charge in [0.15, 0.2) is 0 Å². The topological polar surface area (TPSA) is 40.6 Å². The zero-order chi connectivity index (χ0) is 11.0. The van der Waals surface area contributed by atoms with Gasteiger partial charge in [0.25, 0.3) is 0 Å². The maximum Gasteiger partial charge on any atom is 0.215 e. The van der Waals surface area contributed by atoms with Crippen molar-refractivity contribution in [2.24, 2.45) is 0 Å². The summed E-state index contributed by atoms with van der Waals surface area (Å²) in [6.07, 6.45) is 5.32. The maximum absolute atomic E-state index is 10.7. The van der Waals surface area contributed by atoms with Crippen LogP contribution in [0.1, 0.15) is 19.8 Å². The van der Waals surface area contributed by atoms with Gasteiger partial charge in [-0.3, -0.25) is 9.59 Å². The summed E-state index contributed by atoms with van der Waals surface area (Å²) in [5, 5.41) is 0. The monoisotopic (exact) mass is 196 g/mol. The molecule has 0 unspecified atom stereocenters.